The lowest BCUT2D eigenvalue weighted by atomic mass is 9.89. The molecule has 1 saturated heterocycles. The molecule has 0 bridgehead atoms. The minimum absolute atomic E-state index is 0.0852. The van der Waals surface area contributed by atoms with Gasteiger partial charge in [0.05, 0.1) is 17.7 Å². The molecule has 0 unspecified atom stereocenters. The van der Waals surface area contributed by atoms with Gasteiger partial charge in [0.1, 0.15) is 28.6 Å². The van der Waals surface area contributed by atoms with Crippen LogP contribution in [0.2, 0.25) is 5.02 Å². The van der Waals surface area contributed by atoms with Crippen molar-refractivity contribution in [2.24, 2.45) is 0 Å². The molecule has 170 valence electrons. The fourth-order valence-corrected chi connectivity index (χ4v) is 4.91. The molecule has 1 aliphatic heterocycles. The van der Waals surface area contributed by atoms with Crippen molar-refractivity contribution < 1.29 is 18.4 Å². The molecule has 0 atom stereocenters. The minimum atomic E-state index is -0.543. The van der Waals surface area contributed by atoms with E-state index in [1.54, 1.807) is 25.0 Å². The maximum Gasteiger partial charge on any atom is 0.259 e. The molecule has 6 nitrogen and oxygen atoms in total. The zero-order chi connectivity index (χ0) is 23.1. The summed E-state index contributed by atoms with van der Waals surface area (Å²) < 4.78 is 25.2. The van der Waals surface area contributed by atoms with Gasteiger partial charge < -0.3 is 19.1 Å². The van der Waals surface area contributed by atoms with Crippen LogP contribution < -0.4 is 4.74 Å². The number of benzene rings is 2. The van der Waals surface area contributed by atoms with E-state index in [1.807, 2.05) is 18.2 Å². The highest BCUT2D eigenvalue weighted by Gasteiger charge is 2.31. The zero-order valence-electron chi connectivity index (χ0n) is 18.3. The van der Waals surface area contributed by atoms with Crippen LogP contribution in [0.3, 0.4) is 0 Å². The number of halogens is 2. The lowest BCUT2D eigenvalue weighted by Crippen LogP contribution is -2.38. The molecular formula is C25H23ClFN3O3. The van der Waals surface area contributed by atoms with E-state index >= 15 is 0 Å². The molecule has 4 aromatic rings. The van der Waals surface area contributed by atoms with Gasteiger partial charge in [0, 0.05) is 30.2 Å². The number of aryl methyl sites for hydroxylation is 1. The molecule has 1 N–H and O–H groups in total. The highest BCUT2D eigenvalue weighted by atomic mass is 35.5. The van der Waals surface area contributed by atoms with E-state index in [2.05, 4.69) is 16.3 Å². The second-order valence-electron chi connectivity index (χ2n) is 8.28. The van der Waals surface area contributed by atoms with Crippen molar-refractivity contribution in [3.05, 3.63) is 70.3 Å². The van der Waals surface area contributed by atoms with Crippen molar-refractivity contribution >= 4 is 28.4 Å². The first-order valence-electron chi connectivity index (χ1n) is 10.8. The van der Waals surface area contributed by atoms with Gasteiger partial charge in [-0.3, -0.25) is 4.79 Å². The minimum Gasteiger partial charge on any atom is -0.497 e. The zero-order valence-corrected chi connectivity index (χ0v) is 19.1. The molecule has 3 heterocycles. The molecule has 0 aliphatic carbocycles. The number of ether oxygens (including phenoxy) is 1. The van der Waals surface area contributed by atoms with Crippen LogP contribution in [-0.2, 0) is 0 Å². The summed E-state index contributed by atoms with van der Waals surface area (Å²) in [6, 6.07) is 10.4. The van der Waals surface area contributed by atoms with E-state index in [-0.39, 0.29) is 27.8 Å². The number of fused-ring (bicyclic) bond motifs is 1. The molecule has 1 fully saturated rings. The van der Waals surface area contributed by atoms with Crippen LogP contribution in [0.15, 0.2) is 47.1 Å². The molecular weight excluding hydrogens is 445 g/mol. The van der Waals surface area contributed by atoms with Gasteiger partial charge in [-0.1, -0.05) is 22.8 Å². The third-order valence-electron chi connectivity index (χ3n) is 6.42. The largest absolute Gasteiger partial charge is 0.497 e. The lowest BCUT2D eigenvalue weighted by molar-refractivity contribution is 0.0712. The number of piperidine rings is 1. The molecule has 2 aromatic heterocycles. The monoisotopic (exact) mass is 467 g/mol. The number of aromatic amines is 1. The van der Waals surface area contributed by atoms with Crippen LogP contribution in [0.25, 0.3) is 22.2 Å². The number of rotatable bonds is 4. The van der Waals surface area contributed by atoms with E-state index < -0.39 is 5.82 Å². The second-order valence-corrected chi connectivity index (χ2v) is 8.69. The molecule has 8 heteroatoms. The lowest BCUT2D eigenvalue weighted by Gasteiger charge is -2.32. The first-order chi connectivity index (χ1) is 16.0. The van der Waals surface area contributed by atoms with E-state index in [1.165, 1.54) is 17.7 Å². The van der Waals surface area contributed by atoms with Crippen LogP contribution in [0.5, 0.6) is 5.75 Å². The van der Waals surface area contributed by atoms with E-state index in [4.69, 9.17) is 20.9 Å². The predicted octanol–water partition coefficient (Wildman–Crippen LogP) is 5.95. The Balaban J connectivity index is 1.38. The smallest absolute Gasteiger partial charge is 0.259 e. The molecule has 0 spiro atoms. The third-order valence-corrected chi connectivity index (χ3v) is 6.73. The highest BCUT2D eigenvalue weighted by molar-refractivity contribution is 6.33. The Kier molecular flexibility index (Phi) is 5.58. The van der Waals surface area contributed by atoms with Gasteiger partial charge >= 0.3 is 0 Å². The summed E-state index contributed by atoms with van der Waals surface area (Å²) >= 11 is 6.22. The highest BCUT2D eigenvalue weighted by Crippen LogP contribution is 2.37. The van der Waals surface area contributed by atoms with Gasteiger partial charge in [-0.15, -0.1) is 0 Å². The number of aromatic nitrogens is 2. The molecule has 1 aliphatic rings. The summed E-state index contributed by atoms with van der Waals surface area (Å²) in [6.07, 6.45) is 3.68. The van der Waals surface area contributed by atoms with Crippen molar-refractivity contribution in [1.29, 1.82) is 0 Å². The van der Waals surface area contributed by atoms with Crippen molar-refractivity contribution in [3.63, 3.8) is 0 Å². The first-order valence-corrected chi connectivity index (χ1v) is 11.2. The summed E-state index contributed by atoms with van der Waals surface area (Å²) in [5.41, 5.74) is 2.79. The van der Waals surface area contributed by atoms with Gasteiger partial charge in [0.15, 0.2) is 0 Å². The van der Waals surface area contributed by atoms with Crippen LogP contribution in [-0.4, -0.2) is 41.1 Å². The number of methoxy groups -OCH3 is 1. The Morgan fingerprint density at radius 1 is 1.27 bits per heavy atom. The van der Waals surface area contributed by atoms with Crippen molar-refractivity contribution in [2.45, 2.75) is 25.7 Å². The Morgan fingerprint density at radius 3 is 2.79 bits per heavy atom. The van der Waals surface area contributed by atoms with Crippen LogP contribution >= 0.6 is 11.6 Å². The van der Waals surface area contributed by atoms with Crippen molar-refractivity contribution in [2.75, 3.05) is 20.2 Å². The van der Waals surface area contributed by atoms with Gasteiger partial charge in [-0.25, -0.2) is 4.39 Å². The van der Waals surface area contributed by atoms with E-state index in [0.717, 1.165) is 29.5 Å². The molecule has 33 heavy (non-hydrogen) atoms. The average Bonchev–Trinajstić information content (AvgIpc) is 3.41. The first kappa shape index (κ1) is 21.5. The number of hydrogen-bond acceptors (Lipinski definition) is 4. The van der Waals surface area contributed by atoms with Crippen LogP contribution in [0, 0.1) is 12.7 Å². The number of carbonyl (C=O) groups is 1. The SMILES string of the molecule is COc1ccc2[nH]cc(C3CCN(C(=O)c4c(-c5c(F)cccc5Cl)noc4C)CC3)c2c1. The number of carbonyl (C=O) groups excluding carboxylic acids is 1. The maximum atomic E-state index is 14.5. The molecule has 2 aromatic carbocycles. The fraction of sp³-hybridized carbons (Fsp3) is 0.280. The quantitative estimate of drug-likeness (QED) is 0.402. The van der Waals surface area contributed by atoms with Crippen LogP contribution in [0.1, 0.15) is 40.4 Å². The summed E-state index contributed by atoms with van der Waals surface area (Å²) in [6.45, 7) is 2.81. The summed E-state index contributed by atoms with van der Waals surface area (Å²) in [5.74, 6) is 0.720. The Bertz CT molecular complexity index is 1320. The van der Waals surface area contributed by atoms with Crippen molar-refractivity contribution in [1.82, 2.24) is 15.0 Å². The van der Waals surface area contributed by atoms with Gasteiger partial charge in [0.2, 0.25) is 0 Å². The summed E-state index contributed by atoms with van der Waals surface area (Å²) in [4.78, 5) is 18.5. The molecule has 0 radical (unpaired) electrons. The topological polar surface area (TPSA) is 71.4 Å². The standard InChI is InChI=1S/C25H23ClFN3O3/c1-14-22(24(29-33-14)23-19(26)4-3-5-20(23)27)25(31)30-10-8-15(9-11-30)18-13-28-21-7-6-16(32-2)12-17(18)21/h3-7,12-13,15,28H,8-11H2,1-2H3. The predicted molar refractivity (Wildman–Crippen MR) is 124 cm³/mol. The Morgan fingerprint density at radius 2 is 2.06 bits per heavy atom. The third kappa shape index (κ3) is 3.76. The van der Waals surface area contributed by atoms with E-state index in [9.17, 15) is 9.18 Å². The molecule has 1 amide bonds. The molecule has 0 saturated carbocycles. The van der Waals surface area contributed by atoms with Crippen molar-refractivity contribution in [3.8, 4) is 17.0 Å². The second kappa shape index (κ2) is 8.56. The normalized spacial score (nSPS) is 14.7. The summed E-state index contributed by atoms with van der Waals surface area (Å²) in [5, 5.41) is 5.30. The Hall–Kier alpha value is -3.32. The number of nitrogens with one attached hydrogen (secondary N) is 1. The number of likely N-dealkylation sites (tertiary alicyclic amines) is 1. The molecule has 5 rings (SSSR count). The fourth-order valence-electron chi connectivity index (χ4n) is 4.66. The van der Waals surface area contributed by atoms with Gasteiger partial charge in [-0.2, -0.15) is 0 Å². The maximum absolute atomic E-state index is 14.5. The number of nitrogens with zero attached hydrogens (tertiary/aromatic N) is 2. The average molecular weight is 468 g/mol. The van der Waals surface area contributed by atoms with E-state index in [0.29, 0.717) is 24.8 Å². The number of hydrogen-bond donors (Lipinski definition) is 1. The summed E-state index contributed by atoms with van der Waals surface area (Å²) in [7, 11) is 1.66. The number of H-pyrrole nitrogens is 1. The van der Waals surface area contributed by atoms with Crippen LogP contribution in [0.4, 0.5) is 4.39 Å². The number of amides is 1. The Labute approximate surface area is 195 Å². The van der Waals surface area contributed by atoms with Gasteiger partial charge in [-0.05, 0) is 61.6 Å². The van der Waals surface area contributed by atoms with Gasteiger partial charge in [0.25, 0.3) is 5.91 Å².